The highest BCUT2D eigenvalue weighted by atomic mass is 16.5. The molecule has 0 amide bonds. The van der Waals surface area contributed by atoms with Crippen LogP contribution in [0.2, 0.25) is 0 Å². The fourth-order valence-corrected chi connectivity index (χ4v) is 2.21. The molecule has 4 heteroatoms. The Kier molecular flexibility index (Phi) is 2.51. The van der Waals surface area contributed by atoms with Gasteiger partial charge in [-0.3, -0.25) is 9.69 Å². The van der Waals surface area contributed by atoms with Crippen molar-refractivity contribution < 1.29 is 14.6 Å². The molecule has 0 saturated carbocycles. The van der Waals surface area contributed by atoms with Crippen molar-refractivity contribution in [2.75, 3.05) is 26.3 Å². The van der Waals surface area contributed by atoms with Crippen molar-refractivity contribution in [1.29, 1.82) is 0 Å². The number of carboxylic acids is 1. The molecule has 1 N–H and O–H groups in total. The van der Waals surface area contributed by atoms with Crippen LogP contribution in [0.4, 0.5) is 0 Å². The van der Waals surface area contributed by atoms with E-state index in [1.54, 1.807) is 0 Å². The molecule has 0 radical (unpaired) electrons. The summed E-state index contributed by atoms with van der Waals surface area (Å²) in [6.07, 6.45) is 2.39. The van der Waals surface area contributed by atoms with Gasteiger partial charge in [0.15, 0.2) is 0 Å². The Hall–Kier alpha value is -0.610. The number of nitrogens with zero attached hydrogens (tertiary/aromatic N) is 1. The van der Waals surface area contributed by atoms with Gasteiger partial charge in [0.05, 0.1) is 19.1 Å². The molecular formula is C9H15NO3. The van der Waals surface area contributed by atoms with E-state index in [0.29, 0.717) is 13.2 Å². The lowest BCUT2D eigenvalue weighted by molar-refractivity contribution is -0.143. The van der Waals surface area contributed by atoms with Crippen molar-refractivity contribution in [3.05, 3.63) is 0 Å². The second-order valence-corrected chi connectivity index (χ2v) is 3.79. The summed E-state index contributed by atoms with van der Waals surface area (Å²) >= 11 is 0. The molecule has 74 valence electrons. The molecule has 0 aromatic rings. The molecule has 0 bridgehead atoms. The Morgan fingerprint density at radius 1 is 1.31 bits per heavy atom. The molecule has 2 atom stereocenters. The van der Waals surface area contributed by atoms with E-state index in [1.165, 1.54) is 12.8 Å². The third kappa shape index (κ3) is 1.69. The Balaban J connectivity index is 2.00. The van der Waals surface area contributed by atoms with Gasteiger partial charge < -0.3 is 9.84 Å². The highest BCUT2D eigenvalue weighted by molar-refractivity contribution is 5.71. The minimum atomic E-state index is -0.714. The maximum atomic E-state index is 10.9. The van der Waals surface area contributed by atoms with Crippen LogP contribution in [0, 0.1) is 5.92 Å². The van der Waals surface area contributed by atoms with E-state index in [9.17, 15) is 4.79 Å². The molecule has 2 fully saturated rings. The summed E-state index contributed by atoms with van der Waals surface area (Å²) in [4.78, 5) is 13.1. The third-order valence-corrected chi connectivity index (χ3v) is 2.98. The molecule has 0 spiro atoms. The second kappa shape index (κ2) is 3.64. The van der Waals surface area contributed by atoms with Crippen LogP contribution in [-0.2, 0) is 9.53 Å². The first-order valence-electron chi connectivity index (χ1n) is 4.83. The number of rotatable bonds is 2. The number of hydrogen-bond acceptors (Lipinski definition) is 3. The van der Waals surface area contributed by atoms with Crippen molar-refractivity contribution in [3.8, 4) is 0 Å². The molecule has 2 unspecified atom stereocenters. The fourth-order valence-electron chi connectivity index (χ4n) is 2.21. The molecule has 0 aliphatic carbocycles. The number of carbonyl (C=O) groups is 1. The van der Waals surface area contributed by atoms with Crippen molar-refractivity contribution >= 4 is 5.97 Å². The van der Waals surface area contributed by atoms with Gasteiger partial charge in [-0.2, -0.15) is 0 Å². The highest BCUT2D eigenvalue weighted by Crippen LogP contribution is 2.23. The van der Waals surface area contributed by atoms with Gasteiger partial charge in [-0.1, -0.05) is 0 Å². The van der Waals surface area contributed by atoms with Crippen molar-refractivity contribution in [1.82, 2.24) is 4.90 Å². The number of carboxylic acid groups (broad SMARTS) is 1. The van der Waals surface area contributed by atoms with Crippen LogP contribution in [0.25, 0.3) is 0 Å². The predicted molar refractivity (Wildman–Crippen MR) is 46.5 cm³/mol. The zero-order valence-corrected chi connectivity index (χ0v) is 7.61. The van der Waals surface area contributed by atoms with Gasteiger partial charge in [-0.25, -0.2) is 0 Å². The van der Waals surface area contributed by atoms with Crippen molar-refractivity contribution in [2.45, 2.75) is 18.9 Å². The number of aliphatic carboxylic acids is 1. The lowest BCUT2D eigenvalue weighted by Crippen LogP contribution is -2.41. The van der Waals surface area contributed by atoms with Crippen molar-refractivity contribution in [2.24, 2.45) is 5.92 Å². The maximum Gasteiger partial charge on any atom is 0.310 e. The monoisotopic (exact) mass is 185 g/mol. The normalized spacial score (nSPS) is 35.4. The molecule has 0 aromatic carbocycles. The van der Waals surface area contributed by atoms with E-state index >= 15 is 0 Å². The Morgan fingerprint density at radius 3 is 2.62 bits per heavy atom. The first kappa shape index (κ1) is 8.97. The topological polar surface area (TPSA) is 49.8 Å². The Bertz CT molecular complexity index is 201. The summed E-state index contributed by atoms with van der Waals surface area (Å²) in [5.41, 5.74) is 0. The summed E-state index contributed by atoms with van der Waals surface area (Å²) in [6.45, 7) is 3.06. The van der Waals surface area contributed by atoms with Crippen molar-refractivity contribution in [3.63, 3.8) is 0 Å². The molecule has 4 nitrogen and oxygen atoms in total. The standard InChI is InChI=1S/C9H15NO3/c11-9(12)7-5-13-6-8(7)10-3-1-2-4-10/h7-8H,1-6H2,(H,11,12). The Labute approximate surface area is 77.5 Å². The molecule has 2 rings (SSSR count). The molecular weight excluding hydrogens is 170 g/mol. The summed E-state index contributed by atoms with van der Waals surface area (Å²) in [5.74, 6) is -1.02. The fraction of sp³-hybridized carbons (Fsp3) is 0.889. The third-order valence-electron chi connectivity index (χ3n) is 2.98. The SMILES string of the molecule is O=C(O)C1COCC1N1CCCC1. The average Bonchev–Trinajstić information content (AvgIpc) is 2.74. The van der Waals surface area contributed by atoms with Gasteiger partial charge in [-0.05, 0) is 25.9 Å². The molecule has 2 aliphatic heterocycles. The first-order valence-corrected chi connectivity index (χ1v) is 4.83. The van der Waals surface area contributed by atoms with E-state index in [4.69, 9.17) is 9.84 Å². The molecule has 2 saturated heterocycles. The number of hydrogen-bond donors (Lipinski definition) is 1. The highest BCUT2D eigenvalue weighted by Gasteiger charge is 2.38. The van der Waals surface area contributed by atoms with Crippen LogP contribution in [0.3, 0.4) is 0 Å². The quantitative estimate of drug-likeness (QED) is 0.667. The first-order chi connectivity index (χ1) is 6.29. The smallest absolute Gasteiger partial charge is 0.310 e. The van der Waals surface area contributed by atoms with E-state index in [1.807, 2.05) is 0 Å². The molecule has 13 heavy (non-hydrogen) atoms. The lowest BCUT2D eigenvalue weighted by Gasteiger charge is -2.24. The van der Waals surface area contributed by atoms with Gasteiger partial charge in [0.2, 0.25) is 0 Å². The van der Waals surface area contributed by atoms with E-state index in [-0.39, 0.29) is 12.0 Å². The summed E-state index contributed by atoms with van der Waals surface area (Å²) in [5, 5.41) is 8.94. The van der Waals surface area contributed by atoms with Gasteiger partial charge in [0.25, 0.3) is 0 Å². The average molecular weight is 185 g/mol. The van der Waals surface area contributed by atoms with E-state index in [0.717, 1.165) is 13.1 Å². The second-order valence-electron chi connectivity index (χ2n) is 3.79. The van der Waals surface area contributed by atoms with Crippen LogP contribution in [0.5, 0.6) is 0 Å². The summed E-state index contributed by atoms with van der Waals surface area (Å²) in [7, 11) is 0. The zero-order chi connectivity index (χ0) is 9.26. The largest absolute Gasteiger partial charge is 0.481 e. The van der Waals surface area contributed by atoms with Gasteiger partial charge in [0.1, 0.15) is 0 Å². The van der Waals surface area contributed by atoms with E-state index in [2.05, 4.69) is 4.90 Å². The molecule has 2 heterocycles. The van der Waals surface area contributed by atoms with Crippen LogP contribution in [0.1, 0.15) is 12.8 Å². The lowest BCUT2D eigenvalue weighted by atomic mass is 10.0. The van der Waals surface area contributed by atoms with Crippen LogP contribution in [0.15, 0.2) is 0 Å². The van der Waals surface area contributed by atoms with Gasteiger partial charge in [-0.15, -0.1) is 0 Å². The predicted octanol–water partition coefficient (Wildman–Crippen LogP) is 0.182. The van der Waals surface area contributed by atoms with Gasteiger partial charge in [0, 0.05) is 6.04 Å². The summed E-state index contributed by atoms with van der Waals surface area (Å²) < 4.78 is 5.22. The zero-order valence-electron chi connectivity index (χ0n) is 7.61. The van der Waals surface area contributed by atoms with Crippen LogP contribution in [-0.4, -0.2) is 48.3 Å². The Morgan fingerprint density at radius 2 is 2.00 bits per heavy atom. The molecule has 0 aromatic heterocycles. The maximum absolute atomic E-state index is 10.9. The van der Waals surface area contributed by atoms with E-state index < -0.39 is 5.97 Å². The summed E-state index contributed by atoms with van der Waals surface area (Å²) in [6, 6.07) is 0.125. The van der Waals surface area contributed by atoms with Gasteiger partial charge >= 0.3 is 5.97 Å². The molecule has 2 aliphatic rings. The number of likely N-dealkylation sites (tertiary alicyclic amines) is 1. The number of ether oxygens (including phenoxy) is 1. The van der Waals surface area contributed by atoms with Crippen LogP contribution >= 0.6 is 0 Å². The van der Waals surface area contributed by atoms with Crippen LogP contribution < -0.4 is 0 Å². The minimum Gasteiger partial charge on any atom is -0.481 e. The minimum absolute atomic E-state index is 0.125.